The third kappa shape index (κ3) is 3.34. The summed E-state index contributed by atoms with van der Waals surface area (Å²) >= 11 is 2.71. The highest BCUT2D eigenvalue weighted by Gasteiger charge is 2.56. The SMILES string of the molecule is CC(=O)OC1=C(C(=O)O)N2C(=O)C(NC(=O)Cc3cccs3)[C@H]2SC1C. The van der Waals surface area contributed by atoms with Crippen LogP contribution in [0.4, 0.5) is 0 Å². The van der Waals surface area contributed by atoms with Crippen LogP contribution in [0, 0.1) is 0 Å². The highest BCUT2D eigenvalue weighted by atomic mass is 32.2. The maximum Gasteiger partial charge on any atom is 0.356 e. The Hall–Kier alpha value is -2.33. The lowest BCUT2D eigenvalue weighted by atomic mass is 10.0. The van der Waals surface area contributed by atoms with E-state index in [0.29, 0.717) is 0 Å². The Balaban J connectivity index is 1.77. The van der Waals surface area contributed by atoms with Gasteiger partial charge in [0.1, 0.15) is 11.4 Å². The first-order valence-electron chi connectivity index (χ1n) is 7.75. The molecule has 2 amide bonds. The van der Waals surface area contributed by atoms with Crippen molar-refractivity contribution in [3.05, 3.63) is 33.8 Å². The van der Waals surface area contributed by atoms with E-state index in [-0.39, 0.29) is 23.8 Å². The smallest absolute Gasteiger partial charge is 0.356 e. The number of carbonyl (C=O) groups excluding carboxylic acids is 3. The van der Waals surface area contributed by atoms with E-state index in [4.69, 9.17) is 4.74 Å². The summed E-state index contributed by atoms with van der Waals surface area (Å²) in [6, 6.07) is 2.86. The Bertz CT molecular complexity index is 804. The molecule has 0 aliphatic carbocycles. The largest absolute Gasteiger partial charge is 0.476 e. The fraction of sp³-hybridized carbons (Fsp3) is 0.375. The molecular weight excluding hydrogens is 380 g/mol. The maximum absolute atomic E-state index is 12.4. The average molecular weight is 396 g/mol. The van der Waals surface area contributed by atoms with Gasteiger partial charge in [-0.2, -0.15) is 0 Å². The Morgan fingerprint density at radius 1 is 1.38 bits per heavy atom. The summed E-state index contributed by atoms with van der Waals surface area (Å²) in [6.45, 7) is 2.86. The number of carboxylic acid groups (broad SMARTS) is 1. The summed E-state index contributed by atoms with van der Waals surface area (Å²) in [5.74, 6) is -2.89. The Morgan fingerprint density at radius 2 is 2.12 bits per heavy atom. The molecule has 0 spiro atoms. The molecule has 3 heterocycles. The van der Waals surface area contributed by atoms with Gasteiger partial charge in [0, 0.05) is 11.8 Å². The van der Waals surface area contributed by atoms with Gasteiger partial charge in [0.25, 0.3) is 5.91 Å². The molecule has 0 aromatic carbocycles. The van der Waals surface area contributed by atoms with Crippen molar-refractivity contribution in [2.75, 3.05) is 0 Å². The number of β-lactam (4-membered cyclic amide) rings is 1. The van der Waals surface area contributed by atoms with E-state index in [1.807, 2.05) is 17.5 Å². The number of rotatable bonds is 5. The van der Waals surface area contributed by atoms with Gasteiger partial charge in [-0.1, -0.05) is 6.07 Å². The van der Waals surface area contributed by atoms with Gasteiger partial charge in [0.15, 0.2) is 11.5 Å². The van der Waals surface area contributed by atoms with E-state index in [1.165, 1.54) is 30.0 Å². The third-order valence-electron chi connectivity index (χ3n) is 3.92. The summed E-state index contributed by atoms with van der Waals surface area (Å²) in [6.07, 6.45) is 0.161. The molecule has 0 saturated carbocycles. The van der Waals surface area contributed by atoms with Gasteiger partial charge in [-0.3, -0.25) is 19.3 Å². The summed E-state index contributed by atoms with van der Waals surface area (Å²) in [5.41, 5.74) is -0.342. The highest BCUT2D eigenvalue weighted by molar-refractivity contribution is 8.00. The molecule has 0 radical (unpaired) electrons. The topological polar surface area (TPSA) is 113 Å². The minimum atomic E-state index is -1.35. The predicted octanol–water partition coefficient (Wildman–Crippen LogP) is 0.938. The van der Waals surface area contributed by atoms with Gasteiger partial charge < -0.3 is 15.2 Å². The number of aliphatic carboxylic acids is 1. The molecule has 1 saturated heterocycles. The second-order valence-electron chi connectivity index (χ2n) is 5.79. The van der Waals surface area contributed by atoms with Gasteiger partial charge in [-0.15, -0.1) is 23.1 Å². The minimum absolute atomic E-state index is 0.0528. The van der Waals surface area contributed by atoms with Gasteiger partial charge >= 0.3 is 11.9 Å². The number of carboxylic acids is 1. The number of nitrogens with one attached hydrogen (secondary N) is 1. The molecule has 8 nitrogen and oxygen atoms in total. The van der Waals surface area contributed by atoms with Crippen molar-refractivity contribution < 1.29 is 29.0 Å². The molecule has 2 N–H and O–H groups in total. The number of nitrogens with zero attached hydrogens (tertiary/aromatic N) is 1. The number of carbonyl (C=O) groups is 4. The van der Waals surface area contributed by atoms with Crippen molar-refractivity contribution in [3.63, 3.8) is 0 Å². The maximum atomic E-state index is 12.4. The lowest BCUT2D eigenvalue weighted by molar-refractivity contribution is -0.152. The van der Waals surface area contributed by atoms with E-state index >= 15 is 0 Å². The molecule has 26 heavy (non-hydrogen) atoms. The number of thiophene rings is 1. The molecule has 2 unspecified atom stereocenters. The second kappa shape index (κ2) is 7.12. The predicted molar refractivity (Wildman–Crippen MR) is 94.1 cm³/mol. The quantitative estimate of drug-likeness (QED) is 0.562. The summed E-state index contributed by atoms with van der Waals surface area (Å²) in [4.78, 5) is 49.4. The van der Waals surface area contributed by atoms with Gasteiger partial charge in [-0.05, 0) is 18.4 Å². The Labute approximate surface area is 157 Å². The minimum Gasteiger partial charge on any atom is -0.476 e. The van der Waals surface area contributed by atoms with E-state index in [2.05, 4.69) is 5.32 Å². The van der Waals surface area contributed by atoms with E-state index < -0.39 is 34.5 Å². The van der Waals surface area contributed by atoms with Crippen LogP contribution in [-0.2, 0) is 30.3 Å². The third-order valence-corrected chi connectivity index (χ3v) is 6.18. The van der Waals surface area contributed by atoms with Crippen LogP contribution in [0.15, 0.2) is 29.0 Å². The summed E-state index contributed by atoms with van der Waals surface area (Å²) in [5, 5.41) is 13.0. The van der Waals surface area contributed by atoms with Crippen molar-refractivity contribution in [1.29, 1.82) is 0 Å². The van der Waals surface area contributed by atoms with Crippen molar-refractivity contribution in [1.82, 2.24) is 10.2 Å². The molecule has 1 aromatic heterocycles. The highest BCUT2D eigenvalue weighted by Crippen LogP contribution is 2.44. The molecule has 3 atom stereocenters. The zero-order chi connectivity index (χ0) is 19.0. The molecule has 2 aliphatic rings. The molecule has 2 aliphatic heterocycles. The van der Waals surface area contributed by atoms with Crippen molar-refractivity contribution >= 4 is 46.9 Å². The first-order valence-corrected chi connectivity index (χ1v) is 9.58. The molecule has 0 bridgehead atoms. The molecule has 3 rings (SSSR count). The normalized spacial score (nSPS) is 24.6. The molecule has 1 fully saturated rings. The molecular formula is C16H16N2O6S2. The lowest BCUT2D eigenvalue weighted by Crippen LogP contribution is -2.71. The van der Waals surface area contributed by atoms with Crippen molar-refractivity contribution in [3.8, 4) is 0 Å². The van der Waals surface area contributed by atoms with Gasteiger partial charge in [-0.25, -0.2) is 4.79 Å². The monoisotopic (exact) mass is 396 g/mol. The number of amides is 2. The van der Waals surface area contributed by atoms with Crippen LogP contribution < -0.4 is 5.32 Å². The van der Waals surface area contributed by atoms with Crippen LogP contribution in [0.5, 0.6) is 0 Å². The Kier molecular flexibility index (Phi) is 5.05. The number of fused-ring (bicyclic) bond motifs is 1. The summed E-state index contributed by atoms with van der Waals surface area (Å²) < 4.78 is 5.02. The fourth-order valence-corrected chi connectivity index (χ4v) is 4.92. The first-order chi connectivity index (χ1) is 12.3. The zero-order valence-electron chi connectivity index (χ0n) is 13.9. The van der Waals surface area contributed by atoms with E-state index in [0.717, 1.165) is 9.78 Å². The van der Waals surface area contributed by atoms with Crippen LogP contribution in [-0.4, -0.2) is 50.4 Å². The molecule has 10 heteroatoms. The molecule has 1 aromatic rings. The molecule has 138 valence electrons. The van der Waals surface area contributed by atoms with Crippen LogP contribution in [0.3, 0.4) is 0 Å². The van der Waals surface area contributed by atoms with Crippen LogP contribution in [0.1, 0.15) is 18.7 Å². The number of hydrogen-bond acceptors (Lipinski definition) is 7. The number of thioether (sulfide) groups is 1. The number of ether oxygens (including phenoxy) is 1. The zero-order valence-corrected chi connectivity index (χ0v) is 15.6. The number of esters is 1. The van der Waals surface area contributed by atoms with Crippen LogP contribution >= 0.6 is 23.1 Å². The number of hydrogen-bond donors (Lipinski definition) is 2. The van der Waals surface area contributed by atoms with E-state index in [9.17, 15) is 24.3 Å². The fourth-order valence-electron chi connectivity index (χ4n) is 2.85. The van der Waals surface area contributed by atoms with Crippen molar-refractivity contribution in [2.45, 2.75) is 36.9 Å². The lowest BCUT2D eigenvalue weighted by Gasteiger charge is -2.50. The van der Waals surface area contributed by atoms with Gasteiger partial charge in [0.05, 0.1) is 11.7 Å². The van der Waals surface area contributed by atoms with Crippen LogP contribution in [0.25, 0.3) is 0 Å². The van der Waals surface area contributed by atoms with Crippen molar-refractivity contribution in [2.24, 2.45) is 0 Å². The van der Waals surface area contributed by atoms with E-state index in [1.54, 1.807) is 6.92 Å². The Morgan fingerprint density at radius 3 is 2.69 bits per heavy atom. The van der Waals surface area contributed by atoms with Crippen LogP contribution in [0.2, 0.25) is 0 Å². The first kappa shape index (κ1) is 18.5. The average Bonchev–Trinajstić information content (AvgIpc) is 3.06. The summed E-state index contributed by atoms with van der Waals surface area (Å²) in [7, 11) is 0. The second-order valence-corrected chi connectivity index (χ2v) is 8.28. The van der Waals surface area contributed by atoms with Gasteiger partial charge in [0.2, 0.25) is 5.91 Å². The standard InChI is InChI=1S/C16H16N2O6S2/c1-7-13(24-8(2)19)12(16(22)23)18-14(21)11(15(18)26-7)17-10(20)6-9-4-3-5-25-9/h3-5,7,11,15H,6H2,1-2H3,(H,17,20)(H,22,23)/t7?,11?,15-/m1/s1.